The number of nitrogens with zero attached hydrogens (tertiary/aromatic N) is 1. The third-order valence-corrected chi connectivity index (χ3v) is 3.18. The average molecular weight is 281 g/mol. The van der Waals surface area contributed by atoms with Crippen molar-refractivity contribution in [1.82, 2.24) is 4.90 Å². The Balaban J connectivity index is 2.23. The number of benzene rings is 1. The van der Waals surface area contributed by atoms with Crippen LogP contribution in [0.5, 0.6) is 0 Å². The molecule has 108 valence electrons. The van der Waals surface area contributed by atoms with Gasteiger partial charge < -0.3 is 14.7 Å². The fraction of sp³-hybridized carbons (Fsp3) is 0.429. The summed E-state index contributed by atoms with van der Waals surface area (Å²) in [5, 5.41) is 8.99. The van der Waals surface area contributed by atoms with E-state index in [0.717, 1.165) is 5.56 Å². The van der Waals surface area contributed by atoms with Crippen LogP contribution in [0.2, 0.25) is 0 Å². The van der Waals surface area contributed by atoms with Gasteiger partial charge in [-0.1, -0.05) is 11.6 Å². The lowest BCUT2D eigenvalue weighted by Crippen LogP contribution is -2.51. The Bertz CT molecular complexity index is 546. The lowest BCUT2D eigenvalue weighted by atomic mass is 10.1. The summed E-state index contributed by atoms with van der Waals surface area (Å²) in [5.41, 5.74) is 0.731. The molecule has 0 saturated carbocycles. The Morgan fingerprint density at radius 3 is 2.75 bits per heavy atom. The summed E-state index contributed by atoms with van der Waals surface area (Å²) >= 11 is 0. The van der Waals surface area contributed by atoms with Crippen molar-refractivity contribution in [3.8, 4) is 0 Å². The van der Waals surface area contributed by atoms with Crippen LogP contribution >= 0.6 is 0 Å². The smallest absolute Gasteiger partial charge is 0.334 e. The number of carboxylic acids is 1. The van der Waals surface area contributed by atoms with Crippen molar-refractivity contribution in [3.63, 3.8) is 0 Å². The number of hydrogen-bond donors (Lipinski definition) is 1. The number of morpholine rings is 1. The van der Waals surface area contributed by atoms with Gasteiger partial charge in [-0.15, -0.1) is 0 Å². The molecule has 1 aliphatic heterocycles. The second kappa shape index (κ2) is 5.58. The number of rotatable bonds is 2. The molecular weight excluding hydrogens is 265 g/mol. The van der Waals surface area contributed by atoms with Crippen LogP contribution in [-0.4, -0.2) is 47.2 Å². The Hall–Kier alpha value is -1.95. The first kappa shape index (κ1) is 14.5. The van der Waals surface area contributed by atoms with Crippen LogP contribution in [0.15, 0.2) is 18.2 Å². The Morgan fingerprint density at radius 1 is 1.40 bits per heavy atom. The third kappa shape index (κ3) is 2.96. The van der Waals surface area contributed by atoms with E-state index in [4.69, 9.17) is 9.84 Å². The van der Waals surface area contributed by atoms with Gasteiger partial charge in [-0.25, -0.2) is 9.18 Å². The second-order valence-electron chi connectivity index (χ2n) is 4.97. The van der Waals surface area contributed by atoms with Crippen molar-refractivity contribution < 1.29 is 23.8 Å². The van der Waals surface area contributed by atoms with Gasteiger partial charge >= 0.3 is 5.97 Å². The number of halogens is 1. The van der Waals surface area contributed by atoms with Crippen molar-refractivity contribution >= 4 is 11.9 Å². The first-order chi connectivity index (χ1) is 9.38. The zero-order valence-electron chi connectivity index (χ0n) is 11.3. The average Bonchev–Trinajstić information content (AvgIpc) is 2.40. The maximum atomic E-state index is 13.7. The van der Waals surface area contributed by atoms with Crippen LogP contribution in [0, 0.1) is 12.7 Å². The maximum absolute atomic E-state index is 13.7. The Kier molecular flexibility index (Phi) is 4.04. The van der Waals surface area contributed by atoms with E-state index < -0.39 is 29.9 Å². The van der Waals surface area contributed by atoms with Gasteiger partial charge in [0.1, 0.15) is 5.82 Å². The van der Waals surface area contributed by atoms with Crippen LogP contribution in [-0.2, 0) is 9.53 Å². The van der Waals surface area contributed by atoms with Gasteiger partial charge in [-0.3, -0.25) is 4.79 Å². The van der Waals surface area contributed by atoms with E-state index in [-0.39, 0.29) is 18.7 Å². The number of aliphatic carboxylic acids is 1. The number of carboxylic acid groups (broad SMARTS) is 1. The SMILES string of the molecule is Cc1ccc(F)c(C(=O)N2CC(C(=O)O)O[C@H](C)C2)c1. The molecule has 1 aromatic carbocycles. The first-order valence-corrected chi connectivity index (χ1v) is 6.32. The maximum Gasteiger partial charge on any atom is 0.334 e. The summed E-state index contributed by atoms with van der Waals surface area (Å²) in [5.74, 6) is -2.24. The molecule has 1 unspecified atom stereocenters. The standard InChI is InChI=1S/C14H16FNO4/c1-8-3-4-11(15)10(5-8)13(17)16-6-9(2)20-12(7-16)14(18)19/h3-5,9,12H,6-7H2,1-2H3,(H,18,19)/t9-,12?/m1/s1. The largest absolute Gasteiger partial charge is 0.479 e. The zero-order valence-corrected chi connectivity index (χ0v) is 11.3. The minimum Gasteiger partial charge on any atom is -0.479 e. The molecule has 1 aromatic rings. The number of hydrogen-bond acceptors (Lipinski definition) is 3. The van der Waals surface area contributed by atoms with Gasteiger partial charge in [-0.2, -0.15) is 0 Å². The molecule has 2 atom stereocenters. The van der Waals surface area contributed by atoms with E-state index in [1.807, 2.05) is 0 Å². The highest BCUT2D eigenvalue weighted by molar-refractivity contribution is 5.95. The van der Waals surface area contributed by atoms with Gasteiger partial charge in [0.2, 0.25) is 0 Å². The van der Waals surface area contributed by atoms with E-state index in [0.29, 0.717) is 0 Å². The minimum atomic E-state index is -1.13. The van der Waals surface area contributed by atoms with E-state index in [2.05, 4.69) is 0 Å². The quantitative estimate of drug-likeness (QED) is 0.891. The lowest BCUT2D eigenvalue weighted by molar-refractivity contribution is -0.160. The molecular formula is C14H16FNO4. The highest BCUT2D eigenvalue weighted by Gasteiger charge is 2.33. The van der Waals surface area contributed by atoms with Crippen LogP contribution in [0.1, 0.15) is 22.8 Å². The number of ether oxygens (including phenoxy) is 1. The lowest BCUT2D eigenvalue weighted by Gasteiger charge is -2.35. The molecule has 1 heterocycles. The molecule has 0 bridgehead atoms. The molecule has 1 N–H and O–H groups in total. The fourth-order valence-electron chi connectivity index (χ4n) is 2.23. The summed E-state index contributed by atoms with van der Waals surface area (Å²) in [6.45, 7) is 3.61. The molecule has 5 nitrogen and oxygen atoms in total. The monoisotopic (exact) mass is 281 g/mol. The van der Waals surface area contributed by atoms with E-state index in [9.17, 15) is 14.0 Å². The predicted molar refractivity (Wildman–Crippen MR) is 69.0 cm³/mol. The molecule has 1 fully saturated rings. The fourth-order valence-corrected chi connectivity index (χ4v) is 2.23. The number of amides is 1. The van der Waals surface area contributed by atoms with Crippen molar-refractivity contribution in [2.45, 2.75) is 26.1 Å². The first-order valence-electron chi connectivity index (χ1n) is 6.32. The van der Waals surface area contributed by atoms with Crippen molar-refractivity contribution in [2.75, 3.05) is 13.1 Å². The summed E-state index contributed by atoms with van der Waals surface area (Å²) in [6, 6.07) is 4.28. The molecule has 1 aliphatic rings. The summed E-state index contributed by atoms with van der Waals surface area (Å²) in [7, 11) is 0. The number of carbonyl (C=O) groups excluding carboxylic acids is 1. The Labute approximate surface area is 116 Å². The molecule has 1 amide bonds. The van der Waals surface area contributed by atoms with Crippen LogP contribution in [0.25, 0.3) is 0 Å². The van der Waals surface area contributed by atoms with Crippen LogP contribution in [0.3, 0.4) is 0 Å². The molecule has 2 rings (SSSR count). The number of carbonyl (C=O) groups is 2. The van der Waals surface area contributed by atoms with E-state index in [1.54, 1.807) is 19.9 Å². The molecule has 6 heteroatoms. The van der Waals surface area contributed by atoms with E-state index in [1.165, 1.54) is 17.0 Å². The minimum absolute atomic E-state index is 0.0387. The summed E-state index contributed by atoms with van der Waals surface area (Å²) in [6.07, 6.45) is -1.47. The van der Waals surface area contributed by atoms with Gasteiger partial charge in [0.25, 0.3) is 5.91 Å². The topological polar surface area (TPSA) is 66.8 Å². The molecule has 0 spiro atoms. The molecule has 0 aromatic heterocycles. The predicted octanol–water partition coefficient (Wildman–Crippen LogP) is 1.45. The van der Waals surface area contributed by atoms with Crippen LogP contribution in [0.4, 0.5) is 4.39 Å². The third-order valence-electron chi connectivity index (χ3n) is 3.18. The van der Waals surface area contributed by atoms with Gasteiger partial charge in [0, 0.05) is 6.54 Å². The molecule has 1 saturated heterocycles. The van der Waals surface area contributed by atoms with Gasteiger partial charge in [0.05, 0.1) is 18.2 Å². The summed E-state index contributed by atoms with van der Waals surface area (Å²) in [4.78, 5) is 24.6. The highest BCUT2D eigenvalue weighted by atomic mass is 19.1. The highest BCUT2D eigenvalue weighted by Crippen LogP contribution is 2.17. The molecule has 0 aliphatic carbocycles. The van der Waals surface area contributed by atoms with Crippen molar-refractivity contribution in [2.24, 2.45) is 0 Å². The second-order valence-corrected chi connectivity index (χ2v) is 4.97. The normalized spacial score (nSPS) is 22.6. The Morgan fingerprint density at radius 2 is 2.10 bits per heavy atom. The molecule has 0 radical (unpaired) electrons. The van der Waals surface area contributed by atoms with E-state index >= 15 is 0 Å². The van der Waals surface area contributed by atoms with Gasteiger partial charge in [0.15, 0.2) is 6.10 Å². The van der Waals surface area contributed by atoms with Crippen molar-refractivity contribution in [3.05, 3.63) is 35.1 Å². The zero-order chi connectivity index (χ0) is 14.9. The van der Waals surface area contributed by atoms with Crippen LogP contribution < -0.4 is 0 Å². The molecule has 20 heavy (non-hydrogen) atoms. The van der Waals surface area contributed by atoms with Crippen molar-refractivity contribution in [1.29, 1.82) is 0 Å². The van der Waals surface area contributed by atoms with Gasteiger partial charge in [-0.05, 0) is 26.0 Å². The summed E-state index contributed by atoms with van der Waals surface area (Å²) < 4.78 is 19.0. The number of aryl methyl sites for hydroxylation is 1.